The van der Waals surface area contributed by atoms with Crippen LogP contribution in [0.15, 0.2) is 6.20 Å². The Morgan fingerprint density at radius 1 is 1.31 bits per heavy atom. The van der Waals surface area contributed by atoms with Gasteiger partial charge in [0.2, 0.25) is 10.1 Å². The van der Waals surface area contributed by atoms with Gasteiger partial charge >= 0.3 is 6.09 Å². The summed E-state index contributed by atoms with van der Waals surface area (Å²) in [5, 5.41) is 9.14. The Morgan fingerprint density at radius 3 is 2.69 bits per heavy atom. The fourth-order valence-electron chi connectivity index (χ4n) is 4.22. The zero-order chi connectivity index (χ0) is 18.1. The first-order chi connectivity index (χ1) is 12.6. The average molecular weight is 378 g/mol. The monoisotopic (exact) mass is 377 g/mol. The van der Waals surface area contributed by atoms with Crippen molar-refractivity contribution in [1.29, 1.82) is 0 Å². The summed E-state index contributed by atoms with van der Waals surface area (Å²) in [6, 6.07) is 0.319. The molecule has 3 heterocycles. The van der Waals surface area contributed by atoms with Gasteiger partial charge in [0.15, 0.2) is 0 Å². The second-order valence-electron chi connectivity index (χ2n) is 7.51. The third-order valence-electron chi connectivity index (χ3n) is 5.87. The first-order valence-electron chi connectivity index (χ1n) is 9.59. The minimum Gasteiger partial charge on any atom is -0.453 e. The first-order valence-corrected chi connectivity index (χ1v) is 10.4. The SMILES string of the molecule is COC(=O)N1CCC(C(C)Nc2nn3cc(C4CCCC4)nc3s2)CC1. The number of nitrogens with one attached hydrogen (secondary N) is 1. The maximum Gasteiger partial charge on any atom is 0.409 e. The van der Waals surface area contributed by atoms with Crippen LogP contribution >= 0.6 is 11.3 Å². The van der Waals surface area contributed by atoms with E-state index >= 15 is 0 Å². The van der Waals surface area contributed by atoms with Crippen LogP contribution in [0.2, 0.25) is 0 Å². The molecule has 1 aliphatic heterocycles. The van der Waals surface area contributed by atoms with Gasteiger partial charge in [-0.05, 0) is 38.5 Å². The normalized spacial score (nSPS) is 20.6. The number of anilines is 1. The Bertz CT molecular complexity index is 727. The number of methoxy groups -OCH3 is 1. The molecule has 0 bridgehead atoms. The molecule has 1 saturated heterocycles. The van der Waals surface area contributed by atoms with Crippen molar-refractivity contribution in [1.82, 2.24) is 19.5 Å². The van der Waals surface area contributed by atoms with Gasteiger partial charge in [0, 0.05) is 25.0 Å². The molecule has 2 aliphatic rings. The second kappa shape index (κ2) is 7.42. The molecule has 142 valence electrons. The molecule has 0 radical (unpaired) electrons. The molecule has 1 N–H and O–H groups in total. The summed E-state index contributed by atoms with van der Waals surface area (Å²) in [5.74, 6) is 1.15. The van der Waals surface area contributed by atoms with E-state index in [0.29, 0.717) is 17.9 Å². The summed E-state index contributed by atoms with van der Waals surface area (Å²) >= 11 is 1.62. The van der Waals surface area contributed by atoms with Crippen LogP contribution in [-0.4, -0.2) is 51.8 Å². The number of likely N-dealkylation sites (tertiary alicyclic amines) is 1. The van der Waals surface area contributed by atoms with Crippen LogP contribution in [0.5, 0.6) is 0 Å². The van der Waals surface area contributed by atoms with Crippen LogP contribution < -0.4 is 5.32 Å². The van der Waals surface area contributed by atoms with Crippen LogP contribution in [0.4, 0.5) is 9.93 Å². The molecule has 1 aliphatic carbocycles. The Hall–Kier alpha value is -1.83. The third kappa shape index (κ3) is 3.51. The molecule has 2 aromatic rings. The number of hydrogen-bond acceptors (Lipinski definition) is 6. The summed E-state index contributed by atoms with van der Waals surface area (Å²) < 4.78 is 6.73. The number of amides is 1. The lowest BCUT2D eigenvalue weighted by Crippen LogP contribution is -2.42. The highest BCUT2D eigenvalue weighted by molar-refractivity contribution is 7.20. The van der Waals surface area contributed by atoms with Crippen LogP contribution in [-0.2, 0) is 4.74 Å². The maximum atomic E-state index is 11.6. The standard InChI is InChI=1S/C18H27N5O2S/c1-12(13-7-9-22(10-8-13)18(24)25-2)19-16-21-23-11-15(20-17(23)26-16)14-5-3-4-6-14/h11-14H,3-10H2,1-2H3,(H,19,21). The van der Waals surface area contributed by atoms with E-state index < -0.39 is 0 Å². The number of carbonyl (C=O) groups is 1. The molecule has 0 spiro atoms. The summed E-state index contributed by atoms with van der Waals surface area (Å²) in [4.78, 5) is 19.1. The van der Waals surface area contributed by atoms with Gasteiger partial charge in [-0.1, -0.05) is 24.2 Å². The van der Waals surface area contributed by atoms with Crippen molar-refractivity contribution in [2.24, 2.45) is 5.92 Å². The summed E-state index contributed by atoms with van der Waals surface area (Å²) in [6.07, 6.45) is 9.02. The van der Waals surface area contributed by atoms with Gasteiger partial charge in [-0.3, -0.25) is 0 Å². The van der Waals surface area contributed by atoms with E-state index in [0.717, 1.165) is 36.0 Å². The Labute approximate surface area is 157 Å². The van der Waals surface area contributed by atoms with E-state index in [1.54, 1.807) is 16.2 Å². The lowest BCUT2D eigenvalue weighted by atomic mass is 9.90. The van der Waals surface area contributed by atoms with E-state index in [-0.39, 0.29) is 6.09 Å². The van der Waals surface area contributed by atoms with E-state index in [2.05, 4.69) is 23.5 Å². The second-order valence-corrected chi connectivity index (χ2v) is 8.47. The van der Waals surface area contributed by atoms with Gasteiger partial charge in [0.25, 0.3) is 0 Å². The van der Waals surface area contributed by atoms with E-state index in [1.807, 2.05) is 4.52 Å². The summed E-state index contributed by atoms with van der Waals surface area (Å²) in [5.41, 5.74) is 1.20. The van der Waals surface area contributed by atoms with Crippen molar-refractivity contribution < 1.29 is 9.53 Å². The summed E-state index contributed by atoms with van der Waals surface area (Å²) in [6.45, 7) is 3.72. The van der Waals surface area contributed by atoms with Gasteiger partial charge in [-0.15, -0.1) is 5.10 Å². The molecule has 1 atom stereocenters. The van der Waals surface area contributed by atoms with Crippen molar-refractivity contribution in [3.8, 4) is 0 Å². The topological polar surface area (TPSA) is 71.8 Å². The Balaban J connectivity index is 1.35. The fraction of sp³-hybridized carbons (Fsp3) is 0.722. The molecule has 1 unspecified atom stereocenters. The molecule has 26 heavy (non-hydrogen) atoms. The Kier molecular flexibility index (Phi) is 5.02. The van der Waals surface area contributed by atoms with Gasteiger partial charge in [0.1, 0.15) is 0 Å². The third-order valence-corrected chi connectivity index (χ3v) is 6.72. The van der Waals surface area contributed by atoms with Crippen LogP contribution in [0.25, 0.3) is 4.96 Å². The van der Waals surface area contributed by atoms with Crippen molar-refractivity contribution in [2.45, 2.75) is 57.4 Å². The molecule has 1 saturated carbocycles. The molecule has 2 aromatic heterocycles. The van der Waals surface area contributed by atoms with E-state index in [4.69, 9.17) is 9.72 Å². The van der Waals surface area contributed by atoms with E-state index in [1.165, 1.54) is 38.5 Å². The highest BCUT2D eigenvalue weighted by atomic mass is 32.1. The zero-order valence-corrected chi connectivity index (χ0v) is 16.3. The molecular weight excluding hydrogens is 350 g/mol. The van der Waals surface area contributed by atoms with Crippen molar-refractivity contribution in [3.63, 3.8) is 0 Å². The molecule has 2 fully saturated rings. The summed E-state index contributed by atoms with van der Waals surface area (Å²) in [7, 11) is 1.44. The van der Waals surface area contributed by atoms with Crippen LogP contribution in [0.3, 0.4) is 0 Å². The number of piperidine rings is 1. The average Bonchev–Trinajstić information content (AvgIpc) is 3.37. The Morgan fingerprint density at radius 2 is 2.04 bits per heavy atom. The highest BCUT2D eigenvalue weighted by Crippen LogP contribution is 2.34. The number of ether oxygens (including phenoxy) is 1. The number of hydrogen-bond donors (Lipinski definition) is 1. The highest BCUT2D eigenvalue weighted by Gasteiger charge is 2.27. The maximum absolute atomic E-state index is 11.6. The fourth-order valence-corrected chi connectivity index (χ4v) is 5.10. The zero-order valence-electron chi connectivity index (χ0n) is 15.5. The molecule has 4 rings (SSSR count). The lowest BCUT2D eigenvalue weighted by Gasteiger charge is -2.34. The molecule has 1 amide bonds. The van der Waals surface area contributed by atoms with Crippen molar-refractivity contribution in [3.05, 3.63) is 11.9 Å². The molecule has 7 nitrogen and oxygen atoms in total. The number of nitrogens with zero attached hydrogens (tertiary/aromatic N) is 4. The first kappa shape index (κ1) is 17.6. The number of rotatable bonds is 4. The van der Waals surface area contributed by atoms with E-state index in [9.17, 15) is 4.79 Å². The minimum atomic E-state index is -0.219. The molecular formula is C18H27N5O2S. The molecule has 0 aromatic carbocycles. The predicted octanol–water partition coefficient (Wildman–Crippen LogP) is 3.73. The largest absolute Gasteiger partial charge is 0.453 e. The smallest absolute Gasteiger partial charge is 0.409 e. The number of aromatic nitrogens is 3. The van der Waals surface area contributed by atoms with Gasteiger partial charge in [-0.25, -0.2) is 14.3 Å². The number of carbonyl (C=O) groups excluding carboxylic acids is 1. The van der Waals surface area contributed by atoms with Crippen molar-refractivity contribution >= 4 is 27.5 Å². The van der Waals surface area contributed by atoms with Crippen molar-refractivity contribution in [2.75, 3.05) is 25.5 Å². The van der Waals surface area contributed by atoms with Crippen LogP contribution in [0, 0.1) is 5.92 Å². The lowest BCUT2D eigenvalue weighted by molar-refractivity contribution is 0.104. The minimum absolute atomic E-state index is 0.219. The van der Waals surface area contributed by atoms with Gasteiger partial charge < -0.3 is 15.0 Å². The van der Waals surface area contributed by atoms with Crippen LogP contribution in [0.1, 0.15) is 57.1 Å². The number of fused-ring (bicyclic) bond motifs is 1. The van der Waals surface area contributed by atoms with Gasteiger partial charge in [0.05, 0.1) is 19.0 Å². The van der Waals surface area contributed by atoms with Gasteiger partial charge in [-0.2, -0.15) is 0 Å². The quantitative estimate of drug-likeness (QED) is 0.879. The molecule has 8 heteroatoms. The predicted molar refractivity (Wildman–Crippen MR) is 102 cm³/mol. The number of imidazole rings is 1.